The number of hydrogen-bond donors (Lipinski definition) is 2. The zero-order valence-electron chi connectivity index (χ0n) is 10.7. The van der Waals surface area contributed by atoms with E-state index >= 15 is 0 Å². The second kappa shape index (κ2) is 6.31. The van der Waals surface area contributed by atoms with E-state index in [9.17, 15) is 0 Å². The molecule has 0 radical (unpaired) electrons. The van der Waals surface area contributed by atoms with Gasteiger partial charge in [0.15, 0.2) is 5.82 Å². The van der Waals surface area contributed by atoms with Crippen LogP contribution in [0.15, 0.2) is 24.3 Å². The predicted molar refractivity (Wildman–Crippen MR) is 73.7 cm³/mol. The average molecular weight is 245 g/mol. The molecule has 0 aliphatic carbocycles. The number of hydrogen-bond acceptors (Lipinski definition) is 4. The second-order valence-corrected chi connectivity index (χ2v) is 4.29. The van der Waals surface area contributed by atoms with Gasteiger partial charge in [-0.3, -0.25) is 0 Å². The Morgan fingerprint density at radius 3 is 2.67 bits per heavy atom. The molecule has 1 heterocycles. The zero-order chi connectivity index (χ0) is 12.8. The number of aliphatic hydroxyl groups excluding tert-OH is 1. The summed E-state index contributed by atoms with van der Waals surface area (Å²) in [6, 6.07) is 8.14. The fourth-order valence-corrected chi connectivity index (χ4v) is 1.99. The van der Waals surface area contributed by atoms with Crippen molar-refractivity contribution in [3.63, 3.8) is 0 Å². The van der Waals surface area contributed by atoms with Gasteiger partial charge in [0.1, 0.15) is 0 Å². The summed E-state index contributed by atoms with van der Waals surface area (Å²) < 4.78 is 0. The van der Waals surface area contributed by atoms with Crippen molar-refractivity contribution in [1.29, 1.82) is 0 Å². The van der Waals surface area contributed by atoms with Crippen LogP contribution in [-0.2, 0) is 6.42 Å². The number of rotatable bonds is 6. The first kappa shape index (κ1) is 12.8. The van der Waals surface area contributed by atoms with Crippen LogP contribution >= 0.6 is 0 Å². The van der Waals surface area contributed by atoms with Gasteiger partial charge in [0.25, 0.3) is 0 Å². The van der Waals surface area contributed by atoms with Gasteiger partial charge in [0.05, 0.1) is 12.3 Å². The van der Waals surface area contributed by atoms with E-state index in [-0.39, 0.29) is 6.61 Å². The van der Waals surface area contributed by atoms with Crippen molar-refractivity contribution in [2.75, 3.05) is 18.5 Å². The summed E-state index contributed by atoms with van der Waals surface area (Å²) in [4.78, 5) is 0. The average Bonchev–Trinajstić information content (AvgIpc) is 2.43. The lowest BCUT2D eigenvalue weighted by Gasteiger charge is -2.09. The van der Waals surface area contributed by atoms with Crippen molar-refractivity contribution < 1.29 is 5.11 Å². The third-order valence-corrected chi connectivity index (χ3v) is 2.94. The van der Waals surface area contributed by atoms with Gasteiger partial charge in [0.2, 0.25) is 0 Å². The lowest BCUT2D eigenvalue weighted by molar-refractivity contribution is 0.311. The van der Waals surface area contributed by atoms with E-state index in [2.05, 4.69) is 28.5 Å². The minimum Gasteiger partial charge on any atom is -0.395 e. The first-order chi connectivity index (χ1) is 8.86. The summed E-state index contributed by atoms with van der Waals surface area (Å²) in [5.74, 6) is 0.750. The first-order valence-corrected chi connectivity index (χ1v) is 6.46. The molecule has 0 bridgehead atoms. The number of nitrogens with zero attached hydrogens (tertiary/aromatic N) is 2. The molecule has 0 unspecified atom stereocenters. The third kappa shape index (κ3) is 2.76. The van der Waals surface area contributed by atoms with E-state index in [4.69, 9.17) is 5.11 Å². The molecule has 0 aliphatic heterocycles. The Balaban J connectivity index is 2.38. The first-order valence-electron chi connectivity index (χ1n) is 6.46. The van der Waals surface area contributed by atoms with Crippen LogP contribution in [0.1, 0.15) is 25.5 Å². The maximum absolute atomic E-state index is 8.86. The maximum Gasteiger partial charge on any atom is 0.156 e. The van der Waals surface area contributed by atoms with E-state index < -0.39 is 0 Å². The quantitative estimate of drug-likeness (QED) is 0.820. The van der Waals surface area contributed by atoms with E-state index in [1.54, 1.807) is 0 Å². The van der Waals surface area contributed by atoms with E-state index in [1.807, 2.05) is 18.2 Å². The fourth-order valence-electron chi connectivity index (χ4n) is 1.99. The molecule has 0 spiro atoms. The van der Waals surface area contributed by atoms with Crippen LogP contribution in [-0.4, -0.2) is 28.5 Å². The Hall–Kier alpha value is -1.68. The van der Waals surface area contributed by atoms with Gasteiger partial charge in [-0.25, -0.2) is 0 Å². The van der Waals surface area contributed by atoms with Gasteiger partial charge in [-0.2, -0.15) is 5.10 Å². The highest BCUT2D eigenvalue weighted by Crippen LogP contribution is 2.23. The normalized spacial score (nSPS) is 10.8. The molecule has 0 saturated heterocycles. The summed E-state index contributed by atoms with van der Waals surface area (Å²) in [6.07, 6.45) is 3.24. The molecule has 0 fully saturated rings. The summed E-state index contributed by atoms with van der Waals surface area (Å²) in [5, 5.41) is 22.7. The van der Waals surface area contributed by atoms with Crippen molar-refractivity contribution in [1.82, 2.24) is 10.2 Å². The van der Waals surface area contributed by atoms with Gasteiger partial charge < -0.3 is 10.4 Å². The molecule has 4 heteroatoms. The number of aromatic nitrogens is 2. The number of anilines is 1. The monoisotopic (exact) mass is 245 g/mol. The summed E-state index contributed by atoms with van der Waals surface area (Å²) >= 11 is 0. The van der Waals surface area contributed by atoms with E-state index in [0.717, 1.165) is 41.5 Å². The van der Waals surface area contributed by atoms with Gasteiger partial charge >= 0.3 is 0 Å². The van der Waals surface area contributed by atoms with Crippen LogP contribution in [0.2, 0.25) is 0 Å². The van der Waals surface area contributed by atoms with Crippen LogP contribution in [0.5, 0.6) is 0 Å². The maximum atomic E-state index is 8.86. The summed E-state index contributed by atoms with van der Waals surface area (Å²) in [5.41, 5.74) is 1.06. The minimum absolute atomic E-state index is 0.0909. The molecule has 2 N–H and O–H groups in total. The minimum atomic E-state index is 0.0909. The van der Waals surface area contributed by atoms with Crippen LogP contribution in [0.25, 0.3) is 10.8 Å². The van der Waals surface area contributed by atoms with E-state index in [1.165, 1.54) is 0 Å². The molecule has 0 saturated carbocycles. The van der Waals surface area contributed by atoms with Crippen molar-refractivity contribution >= 4 is 16.6 Å². The smallest absolute Gasteiger partial charge is 0.156 e. The SMILES string of the molecule is CCCCc1nnc(NCCO)c2ccccc12. The Kier molecular flexibility index (Phi) is 4.47. The molecule has 18 heavy (non-hydrogen) atoms. The number of aliphatic hydroxyl groups is 1. The number of benzene rings is 1. The van der Waals surface area contributed by atoms with Crippen molar-refractivity contribution in [3.05, 3.63) is 30.0 Å². The largest absolute Gasteiger partial charge is 0.395 e. The Morgan fingerprint density at radius 2 is 1.94 bits per heavy atom. The molecule has 0 amide bonds. The van der Waals surface area contributed by atoms with Gasteiger partial charge in [0, 0.05) is 17.3 Å². The Labute approximate surface area is 107 Å². The lowest BCUT2D eigenvalue weighted by atomic mass is 10.1. The third-order valence-electron chi connectivity index (χ3n) is 2.94. The molecule has 0 atom stereocenters. The molecule has 1 aromatic heterocycles. The molecule has 0 aliphatic rings. The van der Waals surface area contributed by atoms with Crippen molar-refractivity contribution in [2.45, 2.75) is 26.2 Å². The highest BCUT2D eigenvalue weighted by atomic mass is 16.3. The van der Waals surface area contributed by atoms with Crippen LogP contribution in [0, 0.1) is 0 Å². The molecular formula is C14H19N3O. The van der Waals surface area contributed by atoms with Crippen LogP contribution < -0.4 is 5.32 Å². The number of nitrogens with one attached hydrogen (secondary N) is 1. The van der Waals surface area contributed by atoms with Gasteiger partial charge in [-0.05, 0) is 12.8 Å². The lowest BCUT2D eigenvalue weighted by Crippen LogP contribution is -2.09. The molecular weight excluding hydrogens is 226 g/mol. The number of fused-ring (bicyclic) bond motifs is 1. The van der Waals surface area contributed by atoms with Crippen LogP contribution in [0.3, 0.4) is 0 Å². The Morgan fingerprint density at radius 1 is 1.17 bits per heavy atom. The predicted octanol–water partition coefficient (Wildman–Crippen LogP) is 2.38. The van der Waals surface area contributed by atoms with Crippen molar-refractivity contribution in [2.24, 2.45) is 0 Å². The number of aryl methyl sites for hydroxylation is 1. The second-order valence-electron chi connectivity index (χ2n) is 4.29. The molecule has 1 aromatic carbocycles. The molecule has 4 nitrogen and oxygen atoms in total. The fraction of sp³-hybridized carbons (Fsp3) is 0.429. The molecule has 2 rings (SSSR count). The number of unbranched alkanes of at least 4 members (excludes halogenated alkanes) is 1. The standard InChI is InChI=1S/C14H19N3O/c1-2-3-8-13-11-6-4-5-7-12(11)14(17-16-13)15-9-10-18/h4-7,18H,2-3,8-10H2,1H3,(H,15,17). The van der Waals surface area contributed by atoms with Crippen molar-refractivity contribution in [3.8, 4) is 0 Å². The van der Waals surface area contributed by atoms with Gasteiger partial charge in [-0.15, -0.1) is 5.10 Å². The summed E-state index contributed by atoms with van der Waals surface area (Å²) in [7, 11) is 0. The molecule has 2 aromatic rings. The highest BCUT2D eigenvalue weighted by Gasteiger charge is 2.07. The zero-order valence-corrected chi connectivity index (χ0v) is 10.7. The van der Waals surface area contributed by atoms with E-state index in [0.29, 0.717) is 6.54 Å². The topological polar surface area (TPSA) is 58.0 Å². The van der Waals surface area contributed by atoms with Gasteiger partial charge in [-0.1, -0.05) is 37.6 Å². The van der Waals surface area contributed by atoms with Crippen LogP contribution in [0.4, 0.5) is 5.82 Å². The summed E-state index contributed by atoms with van der Waals surface area (Å²) in [6.45, 7) is 2.76. The highest BCUT2D eigenvalue weighted by molar-refractivity contribution is 5.93. The molecule has 96 valence electrons. The Bertz CT molecular complexity index is 467.